The maximum atomic E-state index is 13.2. The summed E-state index contributed by atoms with van der Waals surface area (Å²) in [6.45, 7) is 4.40. The highest BCUT2D eigenvalue weighted by Gasteiger charge is 2.18. The molecule has 1 saturated heterocycles. The van der Waals surface area contributed by atoms with Gasteiger partial charge in [-0.05, 0) is 59.7 Å². The smallest absolute Gasteiger partial charge is 0.272 e. The van der Waals surface area contributed by atoms with E-state index < -0.39 is 0 Å². The molecule has 0 unspecified atom stereocenters. The number of anilines is 2. The Hall–Kier alpha value is -5.72. The lowest BCUT2D eigenvalue weighted by molar-refractivity contribution is -0.115. The molecule has 0 spiro atoms. The molecular formula is C38H41N7O5. The third-order valence-electron chi connectivity index (χ3n) is 8.54. The molecule has 0 radical (unpaired) electrons. The van der Waals surface area contributed by atoms with Crippen molar-refractivity contribution in [2.45, 2.75) is 6.42 Å². The first-order valence-corrected chi connectivity index (χ1v) is 16.5. The van der Waals surface area contributed by atoms with Crippen molar-refractivity contribution in [1.82, 2.24) is 24.3 Å². The Kier molecular flexibility index (Phi) is 10.7. The van der Waals surface area contributed by atoms with Gasteiger partial charge >= 0.3 is 0 Å². The van der Waals surface area contributed by atoms with Crippen LogP contribution in [0, 0.1) is 0 Å². The molecule has 4 heterocycles. The van der Waals surface area contributed by atoms with Gasteiger partial charge in [0.05, 0.1) is 49.3 Å². The number of methoxy groups -OCH3 is 1. The molecule has 1 fully saturated rings. The molecule has 50 heavy (non-hydrogen) atoms. The predicted octanol–water partition coefficient (Wildman–Crippen LogP) is 4.59. The SMILES string of the molecule is COc1ccc(/C=C/c2ccc3cc(CC(=O)Nc4cc(C(=O)Nc5cc(C(=O)NCCN6CCOCC6)n(C)c5)n(C)c4)ccc3n2)cc1. The molecular weight excluding hydrogens is 634 g/mol. The summed E-state index contributed by atoms with van der Waals surface area (Å²) in [6.07, 6.45) is 7.50. The third-order valence-corrected chi connectivity index (χ3v) is 8.54. The van der Waals surface area contributed by atoms with Gasteiger partial charge in [-0.1, -0.05) is 30.3 Å². The Balaban J connectivity index is 1.01. The summed E-state index contributed by atoms with van der Waals surface area (Å²) in [5.74, 6) is 0.0268. The number of benzene rings is 2. The van der Waals surface area contributed by atoms with Crippen LogP contribution in [0.3, 0.4) is 0 Å². The quantitative estimate of drug-likeness (QED) is 0.176. The zero-order valence-corrected chi connectivity index (χ0v) is 28.4. The molecule has 3 aromatic heterocycles. The van der Waals surface area contributed by atoms with Gasteiger partial charge < -0.3 is 34.6 Å². The summed E-state index contributed by atoms with van der Waals surface area (Å²) in [6, 6.07) is 20.8. The molecule has 0 aliphatic carbocycles. The van der Waals surface area contributed by atoms with Gasteiger partial charge in [-0.3, -0.25) is 19.3 Å². The summed E-state index contributed by atoms with van der Waals surface area (Å²) >= 11 is 0. The maximum Gasteiger partial charge on any atom is 0.272 e. The van der Waals surface area contributed by atoms with Crippen molar-refractivity contribution in [2.24, 2.45) is 14.1 Å². The molecule has 2 aromatic carbocycles. The van der Waals surface area contributed by atoms with E-state index in [1.54, 1.807) is 54.9 Å². The van der Waals surface area contributed by atoms with Crippen LogP contribution in [0.2, 0.25) is 0 Å². The average molecular weight is 676 g/mol. The zero-order chi connectivity index (χ0) is 35.0. The standard InChI is InChI=1S/C38H41N7O5/c1-43-25-31(23-34(43)37(47)39-14-15-45-16-18-50-19-17-45)42-38(48)35-22-30(24-44(35)2)41-36(46)21-27-7-13-33-28(20-27)8-10-29(40-33)9-4-26-5-11-32(49-3)12-6-26/h4-13,20,22-25H,14-19,21H2,1-3H3,(H,39,47)(H,41,46)(H,42,48)/b9-4+. The van der Waals surface area contributed by atoms with E-state index in [1.807, 2.05) is 66.7 Å². The van der Waals surface area contributed by atoms with Crippen molar-refractivity contribution in [1.29, 1.82) is 0 Å². The Morgan fingerprint density at radius 1 is 0.840 bits per heavy atom. The van der Waals surface area contributed by atoms with Crippen LogP contribution in [0.5, 0.6) is 5.75 Å². The number of nitrogens with zero attached hydrogens (tertiary/aromatic N) is 4. The van der Waals surface area contributed by atoms with E-state index in [9.17, 15) is 14.4 Å². The Bertz CT molecular complexity index is 2020. The number of pyridine rings is 1. The molecule has 0 atom stereocenters. The second kappa shape index (κ2) is 15.7. The number of ether oxygens (including phenoxy) is 2. The lowest BCUT2D eigenvalue weighted by atomic mass is 10.1. The highest BCUT2D eigenvalue weighted by Crippen LogP contribution is 2.20. The summed E-state index contributed by atoms with van der Waals surface area (Å²) < 4.78 is 13.9. The first-order chi connectivity index (χ1) is 24.2. The number of carbonyl (C=O) groups excluding carboxylic acids is 3. The van der Waals surface area contributed by atoms with Gasteiger partial charge in [0.15, 0.2) is 0 Å². The maximum absolute atomic E-state index is 13.2. The third kappa shape index (κ3) is 8.65. The fraction of sp³-hybridized carbons (Fsp3) is 0.263. The zero-order valence-electron chi connectivity index (χ0n) is 28.4. The van der Waals surface area contributed by atoms with Crippen molar-refractivity contribution < 1.29 is 23.9 Å². The first-order valence-electron chi connectivity index (χ1n) is 16.5. The van der Waals surface area contributed by atoms with Crippen LogP contribution in [0.15, 0.2) is 79.1 Å². The summed E-state index contributed by atoms with van der Waals surface area (Å²) in [7, 11) is 5.14. The van der Waals surface area contributed by atoms with Gasteiger partial charge in [-0.25, -0.2) is 4.98 Å². The van der Waals surface area contributed by atoms with Gasteiger partial charge in [0.1, 0.15) is 17.1 Å². The molecule has 258 valence electrons. The lowest BCUT2D eigenvalue weighted by Gasteiger charge is -2.26. The second-order valence-corrected chi connectivity index (χ2v) is 12.2. The first kappa shape index (κ1) is 34.2. The molecule has 1 aliphatic heterocycles. The number of carbonyl (C=O) groups is 3. The van der Waals surface area contributed by atoms with Crippen molar-refractivity contribution in [2.75, 3.05) is 57.1 Å². The highest BCUT2D eigenvalue weighted by molar-refractivity contribution is 6.05. The number of morpholine rings is 1. The summed E-state index contributed by atoms with van der Waals surface area (Å²) in [5, 5.41) is 9.64. The highest BCUT2D eigenvalue weighted by atomic mass is 16.5. The molecule has 12 heteroatoms. The van der Waals surface area contributed by atoms with Gasteiger partial charge in [0.25, 0.3) is 11.8 Å². The fourth-order valence-corrected chi connectivity index (χ4v) is 5.84. The van der Waals surface area contributed by atoms with Crippen LogP contribution in [-0.2, 0) is 30.0 Å². The van der Waals surface area contributed by atoms with E-state index in [0.29, 0.717) is 42.5 Å². The molecule has 1 aliphatic rings. The Labute approximate surface area is 290 Å². The van der Waals surface area contributed by atoms with E-state index >= 15 is 0 Å². The number of rotatable bonds is 12. The average Bonchev–Trinajstić information content (AvgIpc) is 3.68. The van der Waals surface area contributed by atoms with E-state index in [2.05, 4.69) is 20.9 Å². The normalized spacial score (nSPS) is 13.4. The molecule has 6 rings (SSSR count). The second-order valence-electron chi connectivity index (χ2n) is 12.2. The van der Waals surface area contributed by atoms with Gasteiger partial charge in [-0.2, -0.15) is 0 Å². The number of hydrogen-bond acceptors (Lipinski definition) is 7. The topological polar surface area (TPSA) is 132 Å². The Morgan fingerprint density at radius 2 is 1.54 bits per heavy atom. The van der Waals surface area contributed by atoms with Crippen LogP contribution in [0.4, 0.5) is 11.4 Å². The van der Waals surface area contributed by atoms with Crippen LogP contribution < -0.4 is 20.7 Å². The molecule has 5 aromatic rings. The van der Waals surface area contributed by atoms with Crippen molar-refractivity contribution in [3.05, 3.63) is 107 Å². The minimum Gasteiger partial charge on any atom is -0.497 e. The number of aryl methyl sites for hydroxylation is 2. The number of hydrogen-bond donors (Lipinski definition) is 3. The number of aromatic nitrogens is 3. The van der Waals surface area contributed by atoms with Crippen LogP contribution in [-0.4, -0.2) is 83.2 Å². The summed E-state index contributed by atoms with van der Waals surface area (Å²) in [4.78, 5) is 45.9. The molecule has 3 N–H and O–H groups in total. The van der Waals surface area contributed by atoms with Crippen LogP contribution >= 0.6 is 0 Å². The van der Waals surface area contributed by atoms with E-state index in [0.717, 1.165) is 53.1 Å². The predicted molar refractivity (Wildman–Crippen MR) is 194 cm³/mol. The van der Waals surface area contributed by atoms with E-state index in [1.165, 1.54) is 0 Å². The van der Waals surface area contributed by atoms with Crippen LogP contribution in [0.1, 0.15) is 37.8 Å². The largest absolute Gasteiger partial charge is 0.497 e. The minimum absolute atomic E-state index is 0.160. The number of fused-ring (bicyclic) bond motifs is 1. The van der Waals surface area contributed by atoms with Gasteiger partial charge in [0.2, 0.25) is 5.91 Å². The Morgan fingerprint density at radius 3 is 2.26 bits per heavy atom. The molecule has 0 bridgehead atoms. The number of nitrogens with one attached hydrogen (secondary N) is 3. The lowest BCUT2D eigenvalue weighted by Crippen LogP contribution is -2.41. The van der Waals surface area contributed by atoms with Crippen molar-refractivity contribution in [3.63, 3.8) is 0 Å². The minimum atomic E-state index is -0.363. The van der Waals surface area contributed by atoms with Crippen molar-refractivity contribution >= 4 is 52.2 Å². The number of amides is 3. The monoisotopic (exact) mass is 675 g/mol. The van der Waals surface area contributed by atoms with Crippen molar-refractivity contribution in [3.8, 4) is 5.75 Å². The summed E-state index contributed by atoms with van der Waals surface area (Å²) in [5.41, 5.74) is 5.35. The van der Waals surface area contributed by atoms with Gasteiger partial charge in [0, 0.05) is 58.1 Å². The van der Waals surface area contributed by atoms with E-state index in [-0.39, 0.29) is 24.1 Å². The fourth-order valence-electron chi connectivity index (χ4n) is 5.84. The molecule has 3 amide bonds. The van der Waals surface area contributed by atoms with E-state index in [4.69, 9.17) is 14.5 Å². The molecule has 12 nitrogen and oxygen atoms in total. The van der Waals surface area contributed by atoms with Gasteiger partial charge in [-0.15, -0.1) is 0 Å². The van der Waals surface area contributed by atoms with Crippen LogP contribution in [0.25, 0.3) is 23.1 Å². The molecule has 0 saturated carbocycles.